The third kappa shape index (κ3) is 2.55. The van der Waals surface area contributed by atoms with Crippen molar-refractivity contribution in [3.05, 3.63) is 46.5 Å². The first-order valence-electron chi connectivity index (χ1n) is 5.85. The topological polar surface area (TPSA) is 95.1 Å². The van der Waals surface area contributed by atoms with Gasteiger partial charge in [-0.15, -0.1) is 0 Å². The predicted molar refractivity (Wildman–Crippen MR) is 72.7 cm³/mol. The van der Waals surface area contributed by atoms with Crippen LogP contribution in [0.5, 0.6) is 0 Å². The van der Waals surface area contributed by atoms with Gasteiger partial charge in [-0.1, -0.05) is 6.92 Å². The highest BCUT2D eigenvalue weighted by molar-refractivity contribution is 7.90. The van der Waals surface area contributed by atoms with Gasteiger partial charge in [0, 0.05) is 31.1 Å². The lowest BCUT2D eigenvalue weighted by Crippen LogP contribution is -2.05. The largest absolute Gasteiger partial charge is 0.298 e. The minimum atomic E-state index is -3.49. The molecule has 0 saturated carbocycles. The summed E-state index contributed by atoms with van der Waals surface area (Å²) in [6.45, 7) is 1.88. The molecule has 20 heavy (non-hydrogen) atoms. The van der Waals surface area contributed by atoms with Gasteiger partial charge < -0.3 is 0 Å². The Hall–Kier alpha value is -2.22. The number of nitro benzene ring substituents is 1. The molecule has 1 aromatic heterocycles. The molecule has 0 N–H and O–H groups in total. The Kier molecular flexibility index (Phi) is 3.58. The first-order chi connectivity index (χ1) is 9.34. The van der Waals surface area contributed by atoms with Crippen molar-refractivity contribution in [2.75, 3.05) is 6.26 Å². The quantitative estimate of drug-likeness (QED) is 0.632. The van der Waals surface area contributed by atoms with Crippen LogP contribution >= 0.6 is 0 Å². The molecule has 0 radical (unpaired) electrons. The van der Waals surface area contributed by atoms with Crippen molar-refractivity contribution in [1.29, 1.82) is 0 Å². The number of hydrogen-bond acceptors (Lipinski definition) is 5. The van der Waals surface area contributed by atoms with Crippen LogP contribution in [0, 0.1) is 10.1 Å². The van der Waals surface area contributed by atoms with Gasteiger partial charge in [0.15, 0.2) is 9.84 Å². The molecule has 0 atom stereocenters. The second-order valence-electron chi connectivity index (χ2n) is 4.25. The van der Waals surface area contributed by atoms with E-state index in [0.29, 0.717) is 17.9 Å². The fourth-order valence-electron chi connectivity index (χ4n) is 1.90. The smallest absolute Gasteiger partial charge is 0.294 e. The lowest BCUT2D eigenvalue weighted by Gasteiger charge is -2.08. The molecule has 0 aliphatic heterocycles. The third-order valence-electron chi connectivity index (χ3n) is 2.86. The Bertz CT molecular complexity index is 765. The van der Waals surface area contributed by atoms with Gasteiger partial charge in [0.05, 0.1) is 9.82 Å². The van der Waals surface area contributed by atoms with Crippen molar-refractivity contribution >= 4 is 15.5 Å². The summed E-state index contributed by atoms with van der Waals surface area (Å²) < 4.78 is 24.6. The molecule has 1 heterocycles. The highest BCUT2D eigenvalue weighted by Crippen LogP contribution is 2.27. The second-order valence-corrected chi connectivity index (χ2v) is 6.26. The lowest BCUT2D eigenvalue weighted by molar-refractivity contribution is -0.384. The van der Waals surface area contributed by atoms with E-state index in [1.165, 1.54) is 12.1 Å². The zero-order chi connectivity index (χ0) is 14.9. The zero-order valence-electron chi connectivity index (χ0n) is 11.0. The molecular formula is C12H13N3O4S. The normalized spacial score (nSPS) is 11.5. The molecule has 0 fully saturated rings. The molecule has 1 aromatic carbocycles. The maximum Gasteiger partial charge on any atom is 0.294 e. The molecule has 0 bridgehead atoms. The van der Waals surface area contributed by atoms with E-state index in [4.69, 9.17) is 0 Å². The van der Waals surface area contributed by atoms with Crippen LogP contribution in [0.4, 0.5) is 5.69 Å². The number of aryl methyl sites for hydroxylation is 1. The molecule has 8 heteroatoms. The highest BCUT2D eigenvalue weighted by Gasteiger charge is 2.20. The van der Waals surface area contributed by atoms with Crippen molar-refractivity contribution in [2.45, 2.75) is 18.2 Å². The van der Waals surface area contributed by atoms with Crippen LogP contribution in [0.15, 0.2) is 35.5 Å². The monoisotopic (exact) mass is 295 g/mol. The second kappa shape index (κ2) is 5.04. The average molecular weight is 295 g/mol. The summed E-state index contributed by atoms with van der Waals surface area (Å²) in [5.41, 5.74) is 0.0392. The van der Waals surface area contributed by atoms with Crippen molar-refractivity contribution < 1.29 is 13.3 Å². The van der Waals surface area contributed by atoms with E-state index in [-0.39, 0.29) is 10.6 Å². The van der Waals surface area contributed by atoms with E-state index < -0.39 is 14.8 Å². The van der Waals surface area contributed by atoms with Crippen molar-refractivity contribution in [1.82, 2.24) is 9.55 Å². The molecule has 0 unspecified atom stereocenters. The zero-order valence-corrected chi connectivity index (χ0v) is 11.8. The molecule has 0 spiro atoms. The van der Waals surface area contributed by atoms with Gasteiger partial charge >= 0.3 is 0 Å². The molecule has 0 saturated heterocycles. The number of imidazole rings is 1. The van der Waals surface area contributed by atoms with Crippen molar-refractivity contribution in [3.8, 4) is 5.69 Å². The van der Waals surface area contributed by atoms with Gasteiger partial charge in [-0.2, -0.15) is 0 Å². The van der Waals surface area contributed by atoms with E-state index in [1.807, 2.05) is 6.92 Å². The summed E-state index contributed by atoms with van der Waals surface area (Å²) in [6, 6.07) is 3.86. The summed E-state index contributed by atoms with van der Waals surface area (Å²) >= 11 is 0. The van der Waals surface area contributed by atoms with Crippen LogP contribution in [0.2, 0.25) is 0 Å². The fraction of sp³-hybridized carbons (Fsp3) is 0.250. The molecule has 2 aromatic rings. The molecule has 0 aliphatic rings. The Morgan fingerprint density at radius 2 is 2.10 bits per heavy atom. The Morgan fingerprint density at radius 3 is 2.65 bits per heavy atom. The number of sulfone groups is 1. The van der Waals surface area contributed by atoms with Gasteiger partial charge in [0.2, 0.25) is 0 Å². The Morgan fingerprint density at radius 1 is 1.40 bits per heavy atom. The van der Waals surface area contributed by atoms with Crippen LogP contribution < -0.4 is 0 Å². The summed E-state index contributed by atoms with van der Waals surface area (Å²) in [5.74, 6) is 0.667. The van der Waals surface area contributed by atoms with Crippen LogP contribution in [-0.2, 0) is 16.3 Å². The molecule has 106 valence electrons. The first kappa shape index (κ1) is 14.2. The SMILES string of the molecule is CCc1nccn1-c1ccc(S(C)(=O)=O)cc1[N+](=O)[O-]. The summed E-state index contributed by atoms with van der Waals surface area (Å²) in [5, 5.41) is 11.2. The molecule has 0 amide bonds. The molecule has 0 aliphatic carbocycles. The number of rotatable bonds is 4. The van der Waals surface area contributed by atoms with E-state index in [0.717, 1.165) is 12.3 Å². The van der Waals surface area contributed by atoms with Gasteiger partial charge in [-0.25, -0.2) is 13.4 Å². The maximum absolute atomic E-state index is 11.5. The minimum absolute atomic E-state index is 0.0777. The number of nitro groups is 1. The van der Waals surface area contributed by atoms with E-state index in [9.17, 15) is 18.5 Å². The van der Waals surface area contributed by atoms with Gasteiger partial charge in [0.1, 0.15) is 11.5 Å². The summed E-state index contributed by atoms with van der Waals surface area (Å²) in [6.07, 6.45) is 4.78. The lowest BCUT2D eigenvalue weighted by atomic mass is 10.2. The van der Waals surface area contributed by atoms with Gasteiger partial charge in [-0.05, 0) is 12.1 Å². The van der Waals surface area contributed by atoms with E-state index in [1.54, 1.807) is 17.0 Å². The highest BCUT2D eigenvalue weighted by atomic mass is 32.2. The summed E-state index contributed by atoms with van der Waals surface area (Å²) in [7, 11) is -3.49. The fourth-order valence-corrected chi connectivity index (χ4v) is 2.54. The van der Waals surface area contributed by atoms with Gasteiger partial charge in [0.25, 0.3) is 5.69 Å². The number of nitrogens with zero attached hydrogens (tertiary/aromatic N) is 3. The Balaban J connectivity index is 2.69. The maximum atomic E-state index is 11.5. The third-order valence-corrected chi connectivity index (χ3v) is 3.98. The first-order valence-corrected chi connectivity index (χ1v) is 7.75. The molecular weight excluding hydrogens is 282 g/mol. The van der Waals surface area contributed by atoms with Crippen LogP contribution in [0.1, 0.15) is 12.7 Å². The molecule has 2 rings (SSSR count). The predicted octanol–water partition coefficient (Wildman–Crippen LogP) is 1.75. The van der Waals surface area contributed by atoms with Crippen LogP contribution in [0.25, 0.3) is 5.69 Å². The van der Waals surface area contributed by atoms with Crippen molar-refractivity contribution in [2.24, 2.45) is 0 Å². The summed E-state index contributed by atoms with van der Waals surface area (Å²) in [4.78, 5) is 14.6. The standard InChI is InChI=1S/C12H13N3O4S/c1-3-12-13-6-7-14(12)10-5-4-9(20(2,18)19)8-11(10)15(16)17/h4-8H,3H2,1-2H3. The number of benzene rings is 1. The van der Waals surface area contributed by atoms with Crippen LogP contribution in [-0.4, -0.2) is 29.1 Å². The Labute approximate surface area is 116 Å². The minimum Gasteiger partial charge on any atom is -0.298 e. The van der Waals surface area contributed by atoms with E-state index >= 15 is 0 Å². The van der Waals surface area contributed by atoms with Crippen LogP contribution in [0.3, 0.4) is 0 Å². The molecule has 7 nitrogen and oxygen atoms in total. The van der Waals surface area contributed by atoms with E-state index in [2.05, 4.69) is 4.98 Å². The number of aromatic nitrogens is 2. The number of hydrogen-bond donors (Lipinski definition) is 0. The average Bonchev–Trinajstić information content (AvgIpc) is 2.84. The van der Waals surface area contributed by atoms with Crippen molar-refractivity contribution in [3.63, 3.8) is 0 Å². The van der Waals surface area contributed by atoms with Gasteiger partial charge in [-0.3, -0.25) is 14.7 Å².